The first kappa shape index (κ1) is 13.9. The summed E-state index contributed by atoms with van der Waals surface area (Å²) in [6, 6.07) is 4.89. The maximum absolute atomic E-state index is 11.9. The Labute approximate surface area is 122 Å². The molecule has 0 aliphatic rings. The molecule has 0 saturated carbocycles. The summed E-state index contributed by atoms with van der Waals surface area (Å²) in [5.74, 6) is -0.345. The molecule has 0 aliphatic heterocycles. The Kier molecular flexibility index (Phi) is 4.26. The molecule has 0 spiro atoms. The number of amides is 1. The van der Waals surface area contributed by atoms with Crippen molar-refractivity contribution in [3.05, 3.63) is 52.5 Å². The van der Waals surface area contributed by atoms with Crippen molar-refractivity contribution in [1.29, 1.82) is 0 Å². The number of carbonyl (C=O) groups excluding carboxylic acids is 1. The van der Waals surface area contributed by atoms with Gasteiger partial charge in [0, 0.05) is 22.4 Å². The second-order valence-electron chi connectivity index (χ2n) is 3.76. The average molecular weight is 336 g/mol. The Morgan fingerprint density at radius 2 is 2.00 bits per heavy atom. The summed E-state index contributed by atoms with van der Waals surface area (Å²) in [4.78, 5) is 19.5. The molecule has 0 fully saturated rings. The molecule has 1 heterocycles. The first-order valence-corrected chi connectivity index (χ1v) is 6.25. The van der Waals surface area contributed by atoms with Gasteiger partial charge in [-0.3, -0.25) is 4.79 Å². The molecule has 8 heteroatoms. The number of anilines is 1. The maximum Gasteiger partial charge on any atom is 0.258 e. The highest BCUT2D eigenvalue weighted by atomic mass is 79.9. The molecule has 102 valence electrons. The van der Waals surface area contributed by atoms with Crippen LogP contribution in [0.25, 0.3) is 0 Å². The largest absolute Gasteiger partial charge is 0.409 e. The molecule has 4 N–H and O–H groups in total. The van der Waals surface area contributed by atoms with Crippen molar-refractivity contribution in [2.24, 2.45) is 10.9 Å². The number of nitrogens with one attached hydrogen (secondary N) is 1. The number of aromatic nitrogens is 2. The molecule has 0 aliphatic carbocycles. The second kappa shape index (κ2) is 6.11. The highest BCUT2D eigenvalue weighted by Gasteiger charge is 2.10. The van der Waals surface area contributed by atoms with E-state index >= 15 is 0 Å². The number of hydrogen-bond donors (Lipinski definition) is 3. The van der Waals surface area contributed by atoms with Crippen LogP contribution in [0.1, 0.15) is 15.9 Å². The third-order valence-electron chi connectivity index (χ3n) is 2.44. The van der Waals surface area contributed by atoms with Gasteiger partial charge in [-0.1, -0.05) is 5.16 Å². The monoisotopic (exact) mass is 335 g/mol. The zero-order valence-corrected chi connectivity index (χ0v) is 11.7. The molecule has 0 bridgehead atoms. The molecule has 1 aromatic heterocycles. The van der Waals surface area contributed by atoms with Crippen LogP contribution in [0.3, 0.4) is 0 Å². The fraction of sp³-hybridized carbons (Fsp3) is 0. The van der Waals surface area contributed by atoms with Gasteiger partial charge >= 0.3 is 0 Å². The Morgan fingerprint density at radius 1 is 1.30 bits per heavy atom. The molecule has 0 unspecified atom stereocenters. The summed E-state index contributed by atoms with van der Waals surface area (Å²) in [5, 5.41) is 14.2. The average Bonchev–Trinajstić information content (AvgIpc) is 2.49. The van der Waals surface area contributed by atoms with Gasteiger partial charge < -0.3 is 16.3 Å². The quantitative estimate of drug-likeness (QED) is 0.341. The Balaban J connectivity index is 2.21. The molecule has 2 aromatic rings. The summed E-state index contributed by atoms with van der Waals surface area (Å²) in [6.45, 7) is 0. The van der Waals surface area contributed by atoms with Crippen LogP contribution < -0.4 is 11.1 Å². The van der Waals surface area contributed by atoms with Crippen LogP contribution in [0, 0.1) is 0 Å². The van der Waals surface area contributed by atoms with Crippen molar-refractivity contribution in [2.75, 3.05) is 5.32 Å². The summed E-state index contributed by atoms with van der Waals surface area (Å²) in [7, 11) is 0. The minimum Gasteiger partial charge on any atom is -0.409 e. The lowest BCUT2D eigenvalue weighted by Crippen LogP contribution is -2.15. The van der Waals surface area contributed by atoms with E-state index < -0.39 is 0 Å². The van der Waals surface area contributed by atoms with E-state index in [4.69, 9.17) is 10.9 Å². The lowest BCUT2D eigenvalue weighted by Gasteiger charge is -2.08. The summed E-state index contributed by atoms with van der Waals surface area (Å²) >= 11 is 3.31. The summed E-state index contributed by atoms with van der Waals surface area (Å²) in [6.07, 6.45) is 4.18. The van der Waals surface area contributed by atoms with Crippen molar-refractivity contribution in [2.45, 2.75) is 0 Å². The van der Waals surface area contributed by atoms with E-state index in [1.807, 2.05) is 0 Å². The molecule has 0 radical (unpaired) electrons. The molecular formula is C12H10BrN5O2. The van der Waals surface area contributed by atoms with Crippen molar-refractivity contribution in [3.63, 3.8) is 0 Å². The highest BCUT2D eigenvalue weighted by Crippen LogP contribution is 2.24. The molecule has 2 rings (SSSR count). The third-order valence-corrected chi connectivity index (χ3v) is 3.10. The molecule has 7 nitrogen and oxygen atoms in total. The van der Waals surface area contributed by atoms with E-state index in [1.165, 1.54) is 18.7 Å². The van der Waals surface area contributed by atoms with Gasteiger partial charge in [-0.15, -0.1) is 0 Å². The van der Waals surface area contributed by atoms with Crippen LogP contribution in [-0.4, -0.2) is 26.9 Å². The predicted octanol–water partition coefficient (Wildman–Crippen LogP) is 1.59. The molecule has 1 amide bonds. The number of nitrogens with two attached hydrogens (primary N) is 1. The number of amidine groups is 1. The van der Waals surface area contributed by atoms with Crippen LogP contribution in [-0.2, 0) is 0 Å². The van der Waals surface area contributed by atoms with Crippen molar-refractivity contribution >= 4 is 33.4 Å². The number of rotatable bonds is 3. The van der Waals surface area contributed by atoms with Gasteiger partial charge in [0.2, 0.25) is 0 Å². The Bertz CT molecular complexity index is 660. The summed E-state index contributed by atoms with van der Waals surface area (Å²) in [5.41, 5.74) is 6.91. The topological polar surface area (TPSA) is 113 Å². The van der Waals surface area contributed by atoms with Gasteiger partial charge in [0.15, 0.2) is 5.84 Å². The molecule has 1 aromatic carbocycles. The van der Waals surface area contributed by atoms with Gasteiger partial charge in [0.25, 0.3) is 5.91 Å². The fourth-order valence-corrected chi connectivity index (χ4v) is 1.92. The van der Waals surface area contributed by atoms with Gasteiger partial charge in [0.05, 0.1) is 11.3 Å². The normalized spacial score (nSPS) is 11.2. The van der Waals surface area contributed by atoms with Crippen LogP contribution >= 0.6 is 15.9 Å². The first-order chi connectivity index (χ1) is 9.61. The molecule has 0 saturated heterocycles. The van der Waals surface area contributed by atoms with E-state index in [0.717, 1.165) is 0 Å². The van der Waals surface area contributed by atoms with Crippen molar-refractivity contribution < 1.29 is 10.0 Å². The fourth-order valence-electron chi connectivity index (χ4n) is 1.44. The van der Waals surface area contributed by atoms with E-state index in [2.05, 4.69) is 36.4 Å². The lowest BCUT2D eigenvalue weighted by atomic mass is 10.2. The van der Waals surface area contributed by atoms with Gasteiger partial charge in [0.1, 0.15) is 6.33 Å². The zero-order valence-electron chi connectivity index (χ0n) is 10.1. The third kappa shape index (κ3) is 3.09. The van der Waals surface area contributed by atoms with Gasteiger partial charge in [-0.25, -0.2) is 9.97 Å². The number of hydrogen-bond acceptors (Lipinski definition) is 5. The number of oxime groups is 1. The molecular weight excluding hydrogens is 326 g/mol. The SMILES string of the molecule is N/C(=N/O)c1ccc(NC(=O)c2cncnc2)c(Br)c1. The number of benzene rings is 1. The van der Waals surface area contributed by atoms with E-state index in [1.54, 1.807) is 18.2 Å². The summed E-state index contributed by atoms with van der Waals surface area (Å²) < 4.78 is 0.604. The maximum atomic E-state index is 11.9. The minimum absolute atomic E-state index is 0.0139. The van der Waals surface area contributed by atoms with Crippen molar-refractivity contribution in [1.82, 2.24) is 9.97 Å². The van der Waals surface area contributed by atoms with Gasteiger partial charge in [-0.05, 0) is 34.1 Å². The standard InChI is InChI=1S/C12H10BrN5O2/c13-9-3-7(11(14)18-20)1-2-10(9)17-12(19)8-4-15-6-16-5-8/h1-6,20H,(H2,14,18)(H,17,19). The van der Waals surface area contributed by atoms with Crippen LogP contribution in [0.5, 0.6) is 0 Å². The minimum atomic E-state index is -0.331. The van der Waals surface area contributed by atoms with E-state index in [9.17, 15) is 4.79 Å². The highest BCUT2D eigenvalue weighted by molar-refractivity contribution is 9.10. The Hall–Kier alpha value is -2.48. The number of carbonyl (C=O) groups is 1. The number of nitrogens with zero attached hydrogens (tertiary/aromatic N) is 3. The van der Waals surface area contributed by atoms with Crippen LogP contribution in [0.2, 0.25) is 0 Å². The van der Waals surface area contributed by atoms with E-state index in [0.29, 0.717) is 21.3 Å². The molecule has 0 atom stereocenters. The van der Waals surface area contributed by atoms with Crippen LogP contribution in [0.15, 0.2) is 46.5 Å². The van der Waals surface area contributed by atoms with Crippen molar-refractivity contribution in [3.8, 4) is 0 Å². The number of halogens is 1. The smallest absolute Gasteiger partial charge is 0.258 e. The first-order valence-electron chi connectivity index (χ1n) is 5.45. The predicted molar refractivity (Wildman–Crippen MR) is 76.6 cm³/mol. The van der Waals surface area contributed by atoms with Gasteiger partial charge in [-0.2, -0.15) is 0 Å². The Morgan fingerprint density at radius 3 is 2.60 bits per heavy atom. The zero-order chi connectivity index (χ0) is 14.5. The van der Waals surface area contributed by atoms with E-state index in [-0.39, 0.29) is 11.7 Å². The molecule has 20 heavy (non-hydrogen) atoms. The van der Waals surface area contributed by atoms with Crippen LogP contribution in [0.4, 0.5) is 5.69 Å². The second-order valence-corrected chi connectivity index (χ2v) is 4.62. The lowest BCUT2D eigenvalue weighted by molar-refractivity contribution is 0.102.